The van der Waals surface area contributed by atoms with E-state index < -0.39 is 0 Å². The molecule has 1 nitrogen and oxygen atoms in total. The maximum Gasteiger partial charge on any atom is 0.0233 e. The van der Waals surface area contributed by atoms with Crippen LogP contribution in [0.25, 0.3) is 0 Å². The third-order valence-corrected chi connectivity index (χ3v) is 3.48. The van der Waals surface area contributed by atoms with E-state index in [2.05, 4.69) is 72.5 Å². The summed E-state index contributed by atoms with van der Waals surface area (Å²) >= 11 is 0. The number of hydrogen-bond donors (Lipinski definition) is 0. The van der Waals surface area contributed by atoms with Gasteiger partial charge in [-0.2, -0.15) is 0 Å². The summed E-state index contributed by atoms with van der Waals surface area (Å²) in [6.45, 7) is 5.58. The van der Waals surface area contributed by atoms with E-state index in [9.17, 15) is 0 Å². The average molecular weight is 253 g/mol. The molecule has 19 heavy (non-hydrogen) atoms. The highest BCUT2D eigenvalue weighted by Crippen LogP contribution is 2.07. The maximum absolute atomic E-state index is 2.51. The minimum Gasteiger partial charge on any atom is -0.299 e. The fourth-order valence-electron chi connectivity index (χ4n) is 2.34. The van der Waals surface area contributed by atoms with Crippen molar-refractivity contribution in [1.82, 2.24) is 4.90 Å². The lowest BCUT2D eigenvalue weighted by Gasteiger charge is -2.20. The molecule has 1 heteroatoms. The Hall–Kier alpha value is -1.60. The van der Waals surface area contributed by atoms with Gasteiger partial charge in [0.05, 0.1) is 0 Å². The second kappa shape index (κ2) is 7.75. The quantitative estimate of drug-likeness (QED) is 0.717. The lowest BCUT2D eigenvalue weighted by molar-refractivity contribution is 0.276. The summed E-state index contributed by atoms with van der Waals surface area (Å²) in [4.78, 5) is 2.51. The van der Waals surface area contributed by atoms with Crippen molar-refractivity contribution in [1.29, 1.82) is 0 Å². The SMILES string of the molecule is CCN(CCCc1ccccc1)Cc1ccccc1. The number of hydrogen-bond acceptors (Lipinski definition) is 1. The number of benzene rings is 2. The summed E-state index contributed by atoms with van der Waals surface area (Å²) in [7, 11) is 0. The second-order valence-electron chi connectivity index (χ2n) is 4.94. The number of rotatable bonds is 7. The second-order valence-corrected chi connectivity index (χ2v) is 4.94. The van der Waals surface area contributed by atoms with Gasteiger partial charge in [-0.15, -0.1) is 0 Å². The Balaban J connectivity index is 1.77. The van der Waals surface area contributed by atoms with Crippen molar-refractivity contribution in [2.75, 3.05) is 13.1 Å². The van der Waals surface area contributed by atoms with Gasteiger partial charge < -0.3 is 0 Å². The molecular formula is C18H23N. The van der Waals surface area contributed by atoms with E-state index in [4.69, 9.17) is 0 Å². The van der Waals surface area contributed by atoms with Crippen LogP contribution in [0.15, 0.2) is 60.7 Å². The minimum atomic E-state index is 1.06. The summed E-state index contributed by atoms with van der Waals surface area (Å²) in [5.41, 5.74) is 2.85. The van der Waals surface area contributed by atoms with Crippen molar-refractivity contribution < 1.29 is 0 Å². The van der Waals surface area contributed by atoms with E-state index >= 15 is 0 Å². The predicted octanol–water partition coefficient (Wildman–Crippen LogP) is 4.14. The molecule has 0 fully saturated rings. The molecule has 2 aromatic carbocycles. The molecule has 0 heterocycles. The van der Waals surface area contributed by atoms with E-state index in [0.717, 1.165) is 13.1 Å². The molecule has 0 amide bonds. The molecule has 0 unspecified atom stereocenters. The zero-order valence-electron chi connectivity index (χ0n) is 11.8. The molecule has 0 saturated heterocycles. The van der Waals surface area contributed by atoms with Crippen LogP contribution < -0.4 is 0 Å². The molecule has 0 spiro atoms. The van der Waals surface area contributed by atoms with Crippen LogP contribution in [-0.2, 0) is 13.0 Å². The molecule has 0 atom stereocenters. The van der Waals surface area contributed by atoms with Gasteiger partial charge in [-0.05, 0) is 37.1 Å². The third-order valence-electron chi connectivity index (χ3n) is 3.48. The lowest BCUT2D eigenvalue weighted by Crippen LogP contribution is -2.24. The molecule has 2 rings (SSSR count). The van der Waals surface area contributed by atoms with Crippen molar-refractivity contribution in [3.05, 3.63) is 71.8 Å². The fraction of sp³-hybridized carbons (Fsp3) is 0.333. The van der Waals surface area contributed by atoms with Crippen LogP contribution in [0.1, 0.15) is 24.5 Å². The Morgan fingerprint density at radius 3 is 1.95 bits per heavy atom. The summed E-state index contributed by atoms with van der Waals surface area (Å²) in [5, 5.41) is 0. The lowest BCUT2D eigenvalue weighted by atomic mass is 10.1. The zero-order chi connectivity index (χ0) is 13.3. The highest BCUT2D eigenvalue weighted by Gasteiger charge is 2.03. The normalized spacial score (nSPS) is 10.8. The third kappa shape index (κ3) is 4.88. The van der Waals surface area contributed by atoms with Crippen molar-refractivity contribution in [2.24, 2.45) is 0 Å². The van der Waals surface area contributed by atoms with Gasteiger partial charge in [0.25, 0.3) is 0 Å². The molecule has 2 aromatic rings. The molecule has 0 aliphatic rings. The van der Waals surface area contributed by atoms with Gasteiger partial charge in [-0.25, -0.2) is 0 Å². The summed E-state index contributed by atoms with van der Waals surface area (Å²) in [6.07, 6.45) is 2.40. The van der Waals surface area contributed by atoms with Crippen LogP contribution in [0.3, 0.4) is 0 Å². The van der Waals surface area contributed by atoms with Crippen LogP contribution in [-0.4, -0.2) is 18.0 Å². The Bertz CT molecular complexity index is 450. The maximum atomic E-state index is 2.51. The number of nitrogens with zero attached hydrogens (tertiary/aromatic N) is 1. The molecular weight excluding hydrogens is 230 g/mol. The van der Waals surface area contributed by atoms with E-state index in [-0.39, 0.29) is 0 Å². The molecule has 0 N–H and O–H groups in total. The fourth-order valence-corrected chi connectivity index (χ4v) is 2.34. The standard InChI is InChI=1S/C18H23N/c1-2-19(16-18-12-7-4-8-13-18)15-9-14-17-10-5-3-6-11-17/h3-8,10-13H,2,9,14-16H2,1H3. The Morgan fingerprint density at radius 2 is 1.37 bits per heavy atom. The Kier molecular flexibility index (Phi) is 5.64. The van der Waals surface area contributed by atoms with Gasteiger partial charge in [-0.1, -0.05) is 67.6 Å². The topological polar surface area (TPSA) is 3.24 Å². The van der Waals surface area contributed by atoms with Crippen molar-refractivity contribution in [3.63, 3.8) is 0 Å². The summed E-state index contributed by atoms with van der Waals surface area (Å²) in [6, 6.07) is 21.5. The van der Waals surface area contributed by atoms with Gasteiger partial charge >= 0.3 is 0 Å². The summed E-state index contributed by atoms with van der Waals surface area (Å²) < 4.78 is 0. The summed E-state index contributed by atoms with van der Waals surface area (Å²) in [5.74, 6) is 0. The highest BCUT2D eigenvalue weighted by molar-refractivity contribution is 5.15. The predicted molar refractivity (Wildman–Crippen MR) is 82.2 cm³/mol. The van der Waals surface area contributed by atoms with Gasteiger partial charge in [-0.3, -0.25) is 4.90 Å². The van der Waals surface area contributed by atoms with E-state index in [1.165, 1.54) is 30.5 Å². The largest absolute Gasteiger partial charge is 0.299 e. The van der Waals surface area contributed by atoms with Gasteiger partial charge in [0, 0.05) is 6.54 Å². The van der Waals surface area contributed by atoms with E-state index in [1.54, 1.807) is 0 Å². The van der Waals surface area contributed by atoms with Crippen LogP contribution in [0.5, 0.6) is 0 Å². The first kappa shape index (κ1) is 13.8. The van der Waals surface area contributed by atoms with E-state index in [1.807, 2.05) is 0 Å². The van der Waals surface area contributed by atoms with Crippen molar-refractivity contribution in [3.8, 4) is 0 Å². The minimum absolute atomic E-state index is 1.06. The molecule has 0 aliphatic carbocycles. The monoisotopic (exact) mass is 253 g/mol. The van der Waals surface area contributed by atoms with Gasteiger partial charge in [0.15, 0.2) is 0 Å². The van der Waals surface area contributed by atoms with Crippen LogP contribution in [0, 0.1) is 0 Å². The zero-order valence-corrected chi connectivity index (χ0v) is 11.8. The Morgan fingerprint density at radius 1 is 0.789 bits per heavy atom. The van der Waals surface area contributed by atoms with Crippen LogP contribution in [0.2, 0.25) is 0 Å². The average Bonchev–Trinajstić information content (AvgIpc) is 2.48. The molecule has 0 aliphatic heterocycles. The number of aryl methyl sites for hydroxylation is 1. The van der Waals surface area contributed by atoms with Gasteiger partial charge in [0.1, 0.15) is 0 Å². The van der Waals surface area contributed by atoms with Crippen LogP contribution >= 0.6 is 0 Å². The van der Waals surface area contributed by atoms with E-state index in [0.29, 0.717) is 0 Å². The highest BCUT2D eigenvalue weighted by atomic mass is 15.1. The van der Waals surface area contributed by atoms with Crippen molar-refractivity contribution >= 4 is 0 Å². The van der Waals surface area contributed by atoms with Crippen molar-refractivity contribution in [2.45, 2.75) is 26.3 Å². The Labute approximate surface area is 116 Å². The van der Waals surface area contributed by atoms with Crippen LogP contribution in [0.4, 0.5) is 0 Å². The first-order chi connectivity index (χ1) is 9.38. The first-order valence-electron chi connectivity index (χ1n) is 7.18. The smallest absolute Gasteiger partial charge is 0.0233 e. The molecule has 0 radical (unpaired) electrons. The molecule has 0 saturated carbocycles. The molecule has 0 aromatic heterocycles. The first-order valence-corrected chi connectivity index (χ1v) is 7.18. The molecule has 100 valence electrons. The van der Waals surface area contributed by atoms with Gasteiger partial charge in [0.2, 0.25) is 0 Å². The molecule has 0 bridgehead atoms.